The molecular formula is C2H12Cl4Si6. The summed E-state index contributed by atoms with van der Waals surface area (Å²) in [7, 11) is -0.0464. The molecule has 1 saturated heterocycles. The van der Waals surface area contributed by atoms with Crippen LogP contribution in [-0.2, 0) is 0 Å². The molecule has 1 fully saturated rings. The second kappa shape index (κ2) is 4.99. The van der Waals surface area contributed by atoms with E-state index in [4.69, 9.17) is 44.3 Å². The van der Waals surface area contributed by atoms with Gasteiger partial charge in [0.25, 0.3) is 0 Å². The predicted octanol–water partition coefficient (Wildman–Crippen LogP) is -0.747. The highest BCUT2D eigenvalue weighted by Gasteiger charge is 2.52. The first-order chi connectivity index (χ1) is 5.46. The topological polar surface area (TPSA) is 0 Å². The number of halogens is 4. The van der Waals surface area contributed by atoms with Gasteiger partial charge in [-0.15, -0.1) is 0 Å². The number of rotatable bonds is 0. The number of hydrogen-bond acceptors (Lipinski definition) is 0. The number of hydrogen-bond donors (Lipinski definition) is 0. The Balaban J connectivity index is 2.66. The van der Waals surface area contributed by atoms with Crippen LogP contribution in [0, 0.1) is 0 Å². The van der Waals surface area contributed by atoms with E-state index in [1.54, 1.807) is 0 Å². The lowest BCUT2D eigenvalue weighted by Gasteiger charge is -2.29. The van der Waals surface area contributed by atoms with E-state index in [0.29, 0.717) is 0 Å². The van der Waals surface area contributed by atoms with Gasteiger partial charge < -0.3 is 0 Å². The van der Waals surface area contributed by atoms with Gasteiger partial charge in [-0.2, -0.15) is 44.3 Å². The predicted molar refractivity (Wildman–Crippen MR) is 78.7 cm³/mol. The van der Waals surface area contributed by atoms with Crippen LogP contribution in [0.3, 0.4) is 0 Å². The molecule has 1 aliphatic rings. The molecule has 10 heteroatoms. The quantitative estimate of drug-likeness (QED) is 0.400. The fourth-order valence-corrected chi connectivity index (χ4v) is 141. The van der Waals surface area contributed by atoms with Crippen molar-refractivity contribution in [2.24, 2.45) is 0 Å². The molecule has 0 aromatic rings. The summed E-state index contributed by atoms with van der Waals surface area (Å²) in [5, 5.41) is 0. The maximum absolute atomic E-state index is 6.40. The Morgan fingerprint density at radius 3 is 1.42 bits per heavy atom. The van der Waals surface area contributed by atoms with Crippen LogP contribution in [0.15, 0.2) is 0 Å². The lowest BCUT2D eigenvalue weighted by molar-refractivity contribution is 1.45. The van der Waals surface area contributed by atoms with E-state index in [1.165, 1.54) is 12.1 Å². The highest BCUT2D eigenvalue weighted by atomic mass is 35.8. The summed E-state index contributed by atoms with van der Waals surface area (Å²) in [5.74, 6) is 0. The molecule has 0 spiro atoms. The molecule has 0 bridgehead atoms. The zero-order valence-electron chi connectivity index (χ0n) is 6.75. The summed E-state index contributed by atoms with van der Waals surface area (Å²) < 4.78 is 0. The van der Waals surface area contributed by atoms with Crippen molar-refractivity contribution >= 4 is 91.0 Å². The molecular weight excluding hydrogens is 334 g/mol. The lowest BCUT2D eigenvalue weighted by Crippen LogP contribution is -2.60. The average Bonchev–Trinajstić information content (AvgIpc) is 1.94. The Morgan fingerprint density at radius 2 is 1.08 bits per heavy atom. The van der Waals surface area contributed by atoms with E-state index in [0.717, 1.165) is 0 Å². The normalized spacial score (nSPS) is 37.0. The zero-order valence-corrected chi connectivity index (χ0v) is 17.4. The minimum atomic E-state index is -1.99. The maximum Gasteiger partial charge on any atom is 0.248 e. The molecule has 12 heavy (non-hydrogen) atoms. The van der Waals surface area contributed by atoms with Gasteiger partial charge in [-0.3, -0.25) is 0 Å². The van der Waals surface area contributed by atoms with Crippen LogP contribution in [0.4, 0.5) is 0 Å². The van der Waals surface area contributed by atoms with Crippen LogP contribution in [0.2, 0.25) is 12.1 Å². The molecule has 1 heterocycles. The Kier molecular flexibility index (Phi) is 5.21. The van der Waals surface area contributed by atoms with Crippen molar-refractivity contribution < 1.29 is 0 Å². The average molecular weight is 346 g/mol. The SMILES string of the molecule is Cl[Si]1(Cl)[SiH2][SiH2]CC[SiH2][SiH2][Si]1(Cl)Cl. The summed E-state index contributed by atoms with van der Waals surface area (Å²) in [6.45, 7) is 0. The van der Waals surface area contributed by atoms with Crippen molar-refractivity contribution in [1.29, 1.82) is 0 Å². The molecule has 0 aromatic carbocycles. The smallest absolute Gasteiger partial charge is 0.152 e. The first-order valence-electron chi connectivity index (χ1n) is 4.21. The minimum Gasteiger partial charge on any atom is -0.152 e. The molecule has 0 saturated carbocycles. The van der Waals surface area contributed by atoms with E-state index in [9.17, 15) is 0 Å². The van der Waals surface area contributed by atoms with E-state index in [2.05, 4.69) is 0 Å². The van der Waals surface area contributed by atoms with Gasteiger partial charge in [-0.05, 0) is 0 Å². The van der Waals surface area contributed by atoms with Crippen molar-refractivity contribution in [3.05, 3.63) is 0 Å². The highest BCUT2D eigenvalue weighted by molar-refractivity contribution is 8.15. The largest absolute Gasteiger partial charge is 0.248 e. The first-order valence-corrected chi connectivity index (χ1v) is 27.9. The Morgan fingerprint density at radius 1 is 0.750 bits per heavy atom. The second-order valence-electron chi connectivity index (χ2n) is 3.32. The van der Waals surface area contributed by atoms with E-state index >= 15 is 0 Å². The van der Waals surface area contributed by atoms with Crippen molar-refractivity contribution in [2.45, 2.75) is 12.1 Å². The molecule has 0 atom stereocenters. The Labute approximate surface area is 102 Å². The molecule has 0 unspecified atom stereocenters. The molecule has 1 rings (SSSR count). The van der Waals surface area contributed by atoms with Gasteiger partial charge in [-0.25, -0.2) is 0 Å². The van der Waals surface area contributed by atoms with Gasteiger partial charge in [-0.1, -0.05) is 12.1 Å². The monoisotopic (exact) mass is 344 g/mol. The molecule has 0 N–H and O–H groups in total. The molecule has 1 aliphatic heterocycles. The third kappa shape index (κ3) is 3.24. The van der Waals surface area contributed by atoms with Gasteiger partial charge in [0.2, 0.25) is 11.5 Å². The lowest BCUT2D eigenvalue weighted by atomic mass is 11.0. The van der Waals surface area contributed by atoms with Gasteiger partial charge in [0.15, 0.2) is 0 Å². The van der Waals surface area contributed by atoms with Crippen LogP contribution in [0.1, 0.15) is 0 Å². The summed E-state index contributed by atoms with van der Waals surface area (Å²) >= 11 is 25.6. The fourth-order valence-electron chi connectivity index (χ4n) is 1.41. The van der Waals surface area contributed by atoms with Crippen LogP contribution >= 0.6 is 44.3 Å². The summed E-state index contributed by atoms with van der Waals surface area (Å²) in [6.07, 6.45) is 0. The van der Waals surface area contributed by atoms with Gasteiger partial charge >= 0.3 is 0 Å². The maximum atomic E-state index is 6.40. The van der Waals surface area contributed by atoms with Gasteiger partial charge in [0, 0.05) is 35.2 Å². The molecule has 72 valence electrons. The van der Waals surface area contributed by atoms with E-state index in [1.807, 2.05) is 0 Å². The summed E-state index contributed by atoms with van der Waals surface area (Å²) in [6, 6.07) is 3.05. The minimum absolute atomic E-state index is 0.138. The summed E-state index contributed by atoms with van der Waals surface area (Å²) in [4.78, 5) is 0. The molecule has 0 amide bonds. The standard InChI is InChI=1S/C2H12Cl4Si6/c3-11(4)9-7-1-2-8-10-12(11,5)6/h1-2,7-10H2. The van der Waals surface area contributed by atoms with Gasteiger partial charge in [0.05, 0.1) is 0 Å². The Hall–Kier alpha value is 2.46. The third-order valence-electron chi connectivity index (χ3n) is 2.27. The third-order valence-corrected chi connectivity index (χ3v) is 111. The summed E-state index contributed by atoms with van der Waals surface area (Å²) in [5.41, 5.74) is -3.98. The molecule has 0 aliphatic carbocycles. The van der Waals surface area contributed by atoms with E-state index < -0.39 is 11.5 Å². The van der Waals surface area contributed by atoms with Gasteiger partial charge in [0.1, 0.15) is 0 Å². The van der Waals surface area contributed by atoms with Crippen LogP contribution in [-0.4, -0.2) is 46.6 Å². The molecule has 0 radical (unpaired) electrons. The fraction of sp³-hybridized carbons (Fsp3) is 1.00. The second-order valence-corrected chi connectivity index (χ2v) is 60.0. The van der Waals surface area contributed by atoms with Crippen molar-refractivity contribution in [2.75, 3.05) is 0 Å². The van der Waals surface area contributed by atoms with Crippen molar-refractivity contribution in [3.63, 3.8) is 0 Å². The zero-order chi connectivity index (χ0) is 9.24. The van der Waals surface area contributed by atoms with Crippen molar-refractivity contribution in [3.8, 4) is 0 Å². The van der Waals surface area contributed by atoms with Crippen LogP contribution < -0.4 is 0 Å². The Bertz CT molecular complexity index is 142. The van der Waals surface area contributed by atoms with E-state index in [-0.39, 0.29) is 35.2 Å². The first kappa shape index (κ1) is 12.5. The van der Waals surface area contributed by atoms with Crippen LogP contribution in [0.5, 0.6) is 0 Å². The molecule has 0 aromatic heterocycles. The van der Waals surface area contributed by atoms with Crippen molar-refractivity contribution in [1.82, 2.24) is 0 Å². The highest BCUT2D eigenvalue weighted by Crippen LogP contribution is 2.32. The molecule has 0 nitrogen and oxygen atoms in total. The van der Waals surface area contributed by atoms with Crippen LogP contribution in [0.25, 0.3) is 0 Å².